The molecule has 4 heteroatoms. The number of hydrogen-bond acceptors (Lipinski definition) is 2. The van der Waals surface area contributed by atoms with Crippen LogP contribution in [0.4, 0.5) is 5.69 Å². The van der Waals surface area contributed by atoms with Crippen LogP contribution >= 0.6 is 0 Å². The first kappa shape index (κ1) is 14.0. The number of carbonyl (C=O) groups is 1. The molecule has 4 nitrogen and oxygen atoms in total. The lowest BCUT2D eigenvalue weighted by molar-refractivity contribution is -0.117. The van der Waals surface area contributed by atoms with E-state index < -0.39 is 0 Å². The Morgan fingerprint density at radius 3 is 2.57 bits per heavy atom. The molecule has 1 aromatic heterocycles. The second-order valence-electron chi connectivity index (χ2n) is 6.28. The predicted molar refractivity (Wildman–Crippen MR) is 91.7 cm³/mol. The van der Waals surface area contributed by atoms with Crippen LogP contribution in [0.25, 0.3) is 11.0 Å². The predicted octanol–water partition coefficient (Wildman–Crippen LogP) is 3.70. The minimum Gasteiger partial charge on any atom is -0.342 e. The van der Waals surface area contributed by atoms with Gasteiger partial charge in [0.25, 0.3) is 0 Å². The SMILES string of the molecule is Cc1cccc(C)c1N1C[C@H](c2nc3ccccc3[nH]2)CC1=O. The Labute approximate surface area is 135 Å². The van der Waals surface area contributed by atoms with E-state index in [-0.39, 0.29) is 11.8 Å². The first-order valence-corrected chi connectivity index (χ1v) is 7.94. The molecule has 1 fully saturated rings. The minimum absolute atomic E-state index is 0.119. The number of fused-ring (bicyclic) bond motifs is 1. The van der Waals surface area contributed by atoms with E-state index in [1.165, 1.54) is 0 Å². The normalized spacial score (nSPS) is 18.1. The number of aryl methyl sites for hydroxylation is 2. The number of rotatable bonds is 2. The highest BCUT2D eigenvalue weighted by Gasteiger charge is 2.34. The molecular formula is C19H19N3O. The molecule has 0 radical (unpaired) electrons. The van der Waals surface area contributed by atoms with Gasteiger partial charge >= 0.3 is 0 Å². The molecule has 4 rings (SSSR count). The van der Waals surface area contributed by atoms with E-state index in [2.05, 4.69) is 35.9 Å². The highest BCUT2D eigenvalue weighted by molar-refractivity contribution is 5.98. The Morgan fingerprint density at radius 2 is 1.83 bits per heavy atom. The molecule has 0 aliphatic carbocycles. The topological polar surface area (TPSA) is 49.0 Å². The van der Waals surface area contributed by atoms with Crippen molar-refractivity contribution in [2.75, 3.05) is 11.4 Å². The van der Waals surface area contributed by atoms with Crippen molar-refractivity contribution in [3.05, 3.63) is 59.4 Å². The number of carbonyl (C=O) groups excluding carboxylic acids is 1. The van der Waals surface area contributed by atoms with Crippen LogP contribution in [0.3, 0.4) is 0 Å². The Bertz CT molecular complexity index is 843. The molecule has 0 unspecified atom stereocenters. The number of H-pyrrole nitrogens is 1. The first-order valence-electron chi connectivity index (χ1n) is 7.94. The van der Waals surface area contributed by atoms with Gasteiger partial charge < -0.3 is 9.88 Å². The largest absolute Gasteiger partial charge is 0.342 e. The van der Waals surface area contributed by atoms with Gasteiger partial charge in [-0.3, -0.25) is 4.79 Å². The zero-order valence-corrected chi connectivity index (χ0v) is 13.3. The summed E-state index contributed by atoms with van der Waals surface area (Å²) < 4.78 is 0. The van der Waals surface area contributed by atoms with E-state index in [4.69, 9.17) is 0 Å². The third-order valence-corrected chi connectivity index (χ3v) is 4.63. The number of nitrogens with one attached hydrogen (secondary N) is 1. The average Bonchev–Trinajstić information content (AvgIpc) is 3.11. The van der Waals surface area contributed by atoms with E-state index >= 15 is 0 Å². The summed E-state index contributed by atoms with van der Waals surface area (Å²) in [5, 5.41) is 0. The van der Waals surface area contributed by atoms with Gasteiger partial charge in [-0.2, -0.15) is 0 Å². The quantitative estimate of drug-likeness (QED) is 0.785. The summed E-state index contributed by atoms with van der Waals surface area (Å²) in [4.78, 5) is 22.5. The second kappa shape index (κ2) is 5.23. The number of hydrogen-bond donors (Lipinski definition) is 1. The summed E-state index contributed by atoms with van der Waals surface area (Å²) in [5.74, 6) is 1.20. The van der Waals surface area contributed by atoms with Crippen molar-refractivity contribution in [2.45, 2.75) is 26.2 Å². The second-order valence-corrected chi connectivity index (χ2v) is 6.28. The average molecular weight is 305 g/mol. The van der Waals surface area contributed by atoms with E-state index in [1.807, 2.05) is 35.2 Å². The monoisotopic (exact) mass is 305 g/mol. The van der Waals surface area contributed by atoms with Crippen LogP contribution in [0, 0.1) is 13.8 Å². The van der Waals surface area contributed by atoms with Crippen molar-refractivity contribution in [1.29, 1.82) is 0 Å². The van der Waals surface area contributed by atoms with Gasteiger partial charge in [0.15, 0.2) is 0 Å². The van der Waals surface area contributed by atoms with Crippen LogP contribution in [0.5, 0.6) is 0 Å². The van der Waals surface area contributed by atoms with Crippen molar-refractivity contribution < 1.29 is 4.79 Å². The molecule has 2 heterocycles. The maximum Gasteiger partial charge on any atom is 0.227 e. The van der Waals surface area contributed by atoms with Crippen molar-refractivity contribution in [3.8, 4) is 0 Å². The smallest absolute Gasteiger partial charge is 0.227 e. The number of amides is 1. The molecule has 1 saturated heterocycles. The number of nitrogens with zero attached hydrogens (tertiary/aromatic N) is 2. The Hall–Kier alpha value is -2.62. The van der Waals surface area contributed by atoms with Gasteiger partial charge in [0.2, 0.25) is 5.91 Å². The van der Waals surface area contributed by atoms with Gasteiger partial charge in [-0.1, -0.05) is 30.3 Å². The lowest BCUT2D eigenvalue weighted by Gasteiger charge is -2.21. The Morgan fingerprint density at radius 1 is 1.09 bits per heavy atom. The van der Waals surface area contributed by atoms with Crippen LogP contribution in [0.1, 0.15) is 29.3 Å². The van der Waals surface area contributed by atoms with Crippen LogP contribution in [-0.4, -0.2) is 22.4 Å². The van der Waals surface area contributed by atoms with Crippen LogP contribution in [-0.2, 0) is 4.79 Å². The van der Waals surface area contributed by atoms with Crippen molar-refractivity contribution in [2.24, 2.45) is 0 Å². The van der Waals surface area contributed by atoms with Crippen LogP contribution < -0.4 is 4.90 Å². The molecule has 116 valence electrons. The standard InChI is InChI=1S/C19H19N3O/c1-12-6-5-7-13(2)18(12)22-11-14(10-17(22)23)19-20-15-8-3-4-9-16(15)21-19/h3-9,14H,10-11H2,1-2H3,(H,20,21)/t14-/m1/s1. The molecule has 1 atom stereocenters. The number of imidazole rings is 1. The van der Waals surface area contributed by atoms with Gasteiger partial charge in [-0.15, -0.1) is 0 Å². The lowest BCUT2D eigenvalue weighted by atomic mass is 10.1. The zero-order chi connectivity index (χ0) is 16.0. The molecule has 0 bridgehead atoms. The van der Waals surface area contributed by atoms with Gasteiger partial charge in [0.05, 0.1) is 11.0 Å². The van der Waals surface area contributed by atoms with Gasteiger partial charge in [-0.25, -0.2) is 4.98 Å². The number of anilines is 1. The number of benzene rings is 2. The van der Waals surface area contributed by atoms with Crippen molar-refractivity contribution in [3.63, 3.8) is 0 Å². The summed E-state index contributed by atoms with van der Waals surface area (Å²) >= 11 is 0. The van der Waals surface area contributed by atoms with Gasteiger partial charge in [0, 0.05) is 24.6 Å². The molecule has 1 amide bonds. The lowest BCUT2D eigenvalue weighted by Crippen LogP contribution is -2.26. The fourth-order valence-electron chi connectivity index (χ4n) is 3.50. The Balaban J connectivity index is 1.68. The van der Waals surface area contributed by atoms with E-state index in [9.17, 15) is 4.79 Å². The fourth-order valence-corrected chi connectivity index (χ4v) is 3.50. The highest BCUT2D eigenvalue weighted by Crippen LogP contribution is 2.34. The van der Waals surface area contributed by atoms with Crippen LogP contribution in [0.2, 0.25) is 0 Å². The molecule has 2 aromatic carbocycles. The number of aromatic nitrogens is 2. The molecular weight excluding hydrogens is 286 g/mol. The van der Waals surface area contributed by atoms with Gasteiger partial charge in [-0.05, 0) is 37.1 Å². The molecule has 0 saturated carbocycles. The zero-order valence-electron chi connectivity index (χ0n) is 13.3. The molecule has 23 heavy (non-hydrogen) atoms. The summed E-state index contributed by atoms with van der Waals surface area (Å²) in [5.41, 5.74) is 5.32. The van der Waals surface area contributed by atoms with E-state index in [1.54, 1.807) is 0 Å². The van der Waals surface area contributed by atoms with Crippen LogP contribution in [0.15, 0.2) is 42.5 Å². The maximum absolute atomic E-state index is 12.6. The third-order valence-electron chi connectivity index (χ3n) is 4.63. The van der Waals surface area contributed by atoms with Crippen molar-refractivity contribution >= 4 is 22.6 Å². The number of para-hydroxylation sites is 3. The maximum atomic E-state index is 12.6. The molecule has 1 aliphatic rings. The Kier molecular flexibility index (Phi) is 3.18. The summed E-state index contributed by atoms with van der Waals surface area (Å²) in [6, 6.07) is 14.1. The van der Waals surface area contributed by atoms with E-state index in [0.717, 1.165) is 33.7 Å². The first-order chi connectivity index (χ1) is 11.1. The molecule has 1 N–H and O–H groups in total. The number of aromatic amines is 1. The van der Waals surface area contributed by atoms with Crippen molar-refractivity contribution in [1.82, 2.24) is 9.97 Å². The summed E-state index contributed by atoms with van der Waals surface area (Å²) in [6.07, 6.45) is 0.508. The van der Waals surface area contributed by atoms with Gasteiger partial charge in [0.1, 0.15) is 5.82 Å². The molecule has 0 spiro atoms. The molecule has 3 aromatic rings. The molecule has 1 aliphatic heterocycles. The van der Waals surface area contributed by atoms with E-state index in [0.29, 0.717) is 13.0 Å². The summed E-state index contributed by atoms with van der Waals surface area (Å²) in [7, 11) is 0. The minimum atomic E-state index is 0.119. The summed E-state index contributed by atoms with van der Waals surface area (Å²) in [6.45, 7) is 4.80. The highest BCUT2D eigenvalue weighted by atomic mass is 16.2. The third kappa shape index (κ3) is 2.31. The fraction of sp³-hybridized carbons (Fsp3) is 0.263.